The lowest BCUT2D eigenvalue weighted by atomic mass is 10.1. The van der Waals surface area contributed by atoms with Crippen molar-refractivity contribution >= 4 is 33.2 Å². The van der Waals surface area contributed by atoms with Crippen LogP contribution in [0, 0.1) is 5.21 Å². The standard InChI is InChI=1S/C18H13N3O/c22-21-11-9-13(10-12-21)19-18-14-5-1-3-7-16(14)20-17-8-4-2-6-15(17)18/h1-12H,(H,19,20). The highest BCUT2D eigenvalue weighted by Gasteiger charge is 2.09. The molecule has 106 valence electrons. The maximum absolute atomic E-state index is 11.2. The summed E-state index contributed by atoms with van der Waals surface area (Å²) in [5, 5.41) is 16.7. The summed E-state index contributed by atoms with van der Waals surface area (Å²) in [7, 11) is 0. The topological polar surface area (TPSA) is 51.9 Å². The fourth-order valence-electron chi connectivity index (χ4n) is 2.62. The van der Waals surface area contributed by atoms with Gasteiger partial charge < -0.3 is 10.5 Å². The normalized spacial score (nSPS) is 10.9. The molecule has 22 heavy (non-hydrogen) atoms. The van der Waals surface area contributed by atoms with Crippen LogP contribution in [-0.4, -0.2) is 4.98 Å². The molecular weight excluding hydrogens is 274 g/mol. The van der Waals surface area contributed by atoms with Gasteiger partial charge >= 0.3 is 0 Å². The average molecular weight is 287 g/mol. The molecule has 0 amide bonds. The zero-order valence-corrected chi connectivity index (χ0v) is 11.7. The Balaban J connectivity index is 1.97. The number of hydrogen-bond donors (Lipinski definition) is 1. The van der Waals surface area contributed by atoms with E-state index in [0.29, 0.717) is 0 Å². The number of anilines is 2. The minimum atomic E-state index is 0.772. The van der Waals surface area contributed by atoms with E-state index < -0.39 is 0 Å². The van der Waals surface area contributed by atoms with Gasteiger partial charge in [-0.05, 0) is 12.1 Å². The second kappa shape index (κ2) is 5.00. The summed E-state index contributed by atoms with van der Waals surface area (Å²) < 4.78 is 0.772. The summed E-state index contributed by atoms with van der Waals surface area (Å²) in [6.45, 7) is 0. The van der Waals surface area contributed by atoms with E-state index in [1.54, 1.807) is 12.1 Å². The largest absolute Gasteiger partial charge is 0.619 e. The van der Waals surface area contributed by atoms with E-state index in [1.807, 2.05) is 48.5 Å². The monoisotopic (exact) mass is 287 g/mol. The fraction of sp³-hybridized carbons (Fsp3) is 0. The van der Waals surface area contributed by atoms with E-state index in [0.717, 1.165) is 37.9 Å². The first kappa shape index (κ1) is 12.6. The van der Waals surface area contributed by atoms with Gasteiger partial charge in [0.05, 0.1) is 22.4 Å². The molecule has 4 heteroatoms. The minimum absolute atomic E-state index is 0.772. The Hall–Kier alpha value is -3.14. The highest BCUT2D eigenvalue weighted by Crippen LogP contribution is 2.32. The van der Waals surface area contributed by atoms with Crippen LogP contribution in [0.3, 0.4) is 0 Å². The van der Waals surface area contributed by atoms with Gasteiger partial charge in [-0.1, -0.05) is 36.4 Å². The zero-order chi connectivity index (χ0) is 14.9. The van der Waals surface area contributed by atoms with Crippen molar-refractivity contribution in [1.29, 1.82) is 0 Å². The molecule has 4 rings (SSSR count). The minimum Gasteiger partial charge on any atom is -0.619 e. The number of aromatic nitrogens is 2. The van der Waals surface area contributed by atoms with Gasteiger partial charge in [0.25, 0.3) is 0 Å². The van der Waals surface area contributed by atoms with Gasteiger partial charge in [0.2, 0.25) is 0 Å². The third-order valence-corrected chi connectivity index (χ3v) is 3.66. The molecule has 0 spiro atoms. The summed E-state index contributed by atoms with van der Waals surface area (Å²) in [5.74, 6) is 0. The summed E-state index contributed by atoms with van der Waals surface area (Å²) in [5.41, 5.74) is 3.76. The van der Waals surface area contributed by atoms with Gasteiger partial charge in [-0.15, -0.1) is 0 Å². The SMILES string of the molecule is [O-][n+]1ccc(Nc2c3ccccc3nc3ccccc23)cc1. The molecule has 0 saturated carbocycles. The van der Waals surface area contributed by atoms with Crippen molar-refractivity contribution in [2.24, 2.45) is 0 Å². The molecule has 0 fully saturated rings. The van der Waals surface area contributed by atoms with Gasteiger partial charge in [-0.2, -0.15) is 4.73 Å². The predicted molar refractivity (Wildman–Crippen MR) is 87.9 cm³/mol. The van der Waals surface area contributed by atoms with Crippen LogP contribution < -0.4 is 10.0 Å². The molecule has 0 aliphatic heterocycles. The average Bonchev–Trinajstić information content (AvgIpc) is 2.56. The number of nitrogens with zero attached hydrogens (tertiary/aromatic N) is 2. The first-order valence-electron chi connectivity index (χ1n) is 7.04. The highest BCUT2D eigenvalue weighted by atomic mass is 16.5. The number of nitrogens with one attached hydrogen (secondary N) is 1. The maximum atomic E-state index is 11.2. The molecule has 0 atom stereocenters. The summed E-state index contributed by atoms with van der Waals surface area (Å²) in [6.07, 6.45) is 2.96. The quantitative estimate of drug-likeness (QED) is 0.347. The maximum Gasteiger partial charge on any atom is 0.182 e. The number of benzene rings is 2. The number of pyridine rings is 2. The molecule has 2 aromatic carbocycles. The van der Waals surface area contributed by atoms with Crippen LogP contribution in [0.4, 0.5) is 11.4 Å². The van der Waals surface area contributed by atoms with Gasteiger partial charge in [0, 0.05) is 22.9 Å². The van der Waals surface area contributed by atoms with Crippen molar-refractivity contribution in [2.45, 2.75) is 0 Å². The van der Waals surface area contributed by atoms with Crippen molar-refractivity contribution in [3.05, 3.63) is 78.3 Å². The van der Waals surface area contributed by atoms with Crippen LogP contribution in [0.5, 0.6) is 0 Å². The molecule has 0 bridgehead atoms. The van der Waals surface area contributed by atoms with Crippen LogP contribution in [0.25, 0.3) is 21.8 Å². The van der Waals surface area contributed by atoms with E-state index in [9.17, 15) is 5.21 Å². The summed E-state index contributed by atoms with van der Waals surface area (Å²) in [6, 6.07) is 19.6. The number of rotatable bonds is 2. The predicted octanol–water partition coefficient (Wildman–Crippen LogP) is 3.77. The zero-order valence-electron chi connectivity index (χ0n) is 11.7. The third kappa shape index (κ3) is 2.11. The fourth-order valence-corrected chi connectivity index (χ4v) is 2.62. The second-order valence-electron chi connectivity index (χ2n) is 5.09. The Bertz CT molecular complexity index is 911. The molecule has 4 aromatic rings. The Morgan fingerprint density at radius 3 is 1.91 bits per heavy atom. The van der Waals surface area contributed by atoms with Gasteiger partial charge in [-0.25, -0.2) is 4.98 Å². The molecule has 0 aliphatic carbocycles. The summed E-state index contributed by atoms with van der Waals surface area (Å²) >= 11 is 0. The molecule has 0 aliphatic rings. The molecule has 0 saturated heterocycles. The van der Waals surface area contributed by atoms with E-state index in [4.69, 9.17) is 4.98 Å². The van der Waals surface area contributed by atoms with E-state index in [-0.39, 0.29) is 0 Å². The molecule has 2 heterocycles. The number of hydrogen-bond acceptors (Lipinski definition) is 3. The second-order valence-corrected chi connectivity index (χ2v) is 5.09. The lowest BCUT2D eigenvalue weighted by Gasteiger charge is -2.13. The Labute approximate surface area is 127 Å². The van der Waals surface area contributed by atoms with Gasteiger partial charge in [0.15, 0.2) is 12.4 Å². The first-order chi connectivity index (χ1) is 10.8. The van der Waals surface area contributed by atoms with E-state index in [2.05, 4.69) is 5.32 Å². The Kier molecular flexibility index (Phi) is 2.86. The van der Waals surface area contributed by atoms with Crippen molar-refractivity contribution in [1.82, 2.24) is 4.98 Å². The molecule has 0 radical (unpaired) electrons. The van der Waals surface area contributed by atoms with Crippen molar-refractivity contribution in [3.8, 4) is 0 Å². The van der Waals surface area contributed by atoms with E-state index >= 15 is 0 Å². The Morgan fingerprint density at radius 2 is 1.32 bits per heavy atom. The molecule has 1 N–H and O–H groups in total. The van der Waals surface area contributed by atoms with E-state index in [1.165, 1.54) is 12.4 Å². The lowest BCUT2D eigenvalue weighted by Crippen LogP contribution is -2.23. The molecular formula is C18H13N3O. The highest BCUT2D eigenvalue weighted by molar-refractivity contribution is 6.08. The molecule has 0 unspecified atom stereocenters. The van der Waals surface area contributed by atoms with Crippen LogP contribution in [0.2, 0.25) is 0 Å². The number of para-hydroxylation sites is 2. The summed E-state index contributed by atoms with van der Waals surface area (Å²) in [4.78, 5) is 4.70. The van der Waals surface area contributed by atoms with Crippen molar-refractivity contribution in [2.75, 3.05) is 5.32 Å². The lowest BCUT2D eigenvalue weighted by molar-refractivity contribution is -0.605. The van der Waals surface area contributed by atoms with Gasteiger partial charge in [0.1, 0.15) is 0 Å². The number of fused-ring (bicyclic) bond motifs is 2. The van der Waals surface area contributed by atoms with Crippen molar-refractivity contribution < 1.29 is 4.73 Å². The Morgan fingerprint density at radius 1 is 0.773 bits per heavy atom. The van der Waals surface area contributed by atoms with Crippen LogP contribution in [-0.2, 0) is 0 Å². The third-order valence-electron chi connectivity index (χ3n) is 3.66. The van der Waals surface area contributed by atoms with Gasteiger partial charge in [-0.3, -0.25) is 0 Å². The van der Waals surface area contributed by atoms with Crippen molar-refractivity contribution in [3.63, 3.8) is 0 Å². The van der Waals surface area contributed by atoms with Crippen LogP contribution >= 0.6 is 0 Å². The smallest absolute Gasteiger partial charge is 0.182 e. The molecule has 4 nitrogen and oxygen atoms in total. The van der Waals surface area contributed by atoms with Crippen LogP contribution in [0.1, 0.15) is 0 Å². The van der Waals surface area contributed by atoms with Crippen LogP contribution in [0.15, 0.2) is 73.1 Å². The first-order valence-corrected chi connectivity index (χ1v) is 7.04. The molecule has 2 aromatic heterocycles.